The lowest BCUT2D eigenvalue weighted by Gasteiger charge is -2.51. The molecule has 3 aromatic rings. The summed E-state index contributed by atoms with van der Waals surface area (Å²) in [6, 6.07) is 14.2. The Labute approximate surface area is 320 Å². The molecule has 54 heavy (non-hydrogen) atoms. The molecule has 1 aromatic heterocycles. The number of hydrogen-bond donors (Lipinski definition) is 3. The zero-order valence-electron chi connectivity index (χ0n) is 33.8. The molecule has 1 fully saturated rings. The molecule has 3 N–H and O–H groups in total. The van der Waals surface area contributed by atoms with Gasteiger partial charge in [0.25, 0.3) is 0 Å². The number of ether oxygens (including phenoxy) is 3. The molecule has 6 atom stereocenters. The average molecular weight is 786 g/mol. The Balaban J connectivity index is 1.87. The van der Waals surface area contributed by atoms with Crippen LogP contribution in [0, 0.1) is 6.92 Å². The van der Waals surface area contributed by atoms with Gasteiger partial charge >= 0.3 is 17.4 Å². The number of aryl methyl sites for hydroxylation is 1. The normalized spacial score (nSPS) is 22.4. The summed E-state index contributed by atoms with van der Waals surface area (Å²) in [7, 11) is -5.05. The van der Waals surface area contributed by atoms with E-state index in [2.05, 4.69) is 46.9 Å². The molecule has 4 rings (SSSR count). The van der Waals surface area contributed by atoms with Gasteiger partial charge in [0.1, 0.15) is 36.3 Å². The lowest BCUT2D eigenvalue weighted by molar-refractivity contribution is -0.286. The van der Waals surface area contributed by atoms with E-state index in [4.69, 9.17) is 27.5 Å². The van der Waals surface area contributed by atoms with Crippen LogP contribution >= 0.6 is 0 Å². The molecular weight excluding hydrogens is 727 g/mol. The standard InChI is InChI=1S/C40H59NO11Si2/c1-25-20-33(44)49-31-21-28(18-19-29(25)31)50-40(37(46)47-23-27-16-14-13-15-17-27)22-32(52-54(11,12)39(6,7)8)34(41-26(2)42)36(51-40)35(45)30(43)24-48-53(9,10)38(3,4)5/h13-21,30,32,34-36,43,45H,22-24H2,1-12H3,(H,41,42)/t30-,32+,34-,35-,36-,40-/m1/s1. The van der Waals surface area contributed by atoms with E-state index in [-0.39, 0.29) is 41.0 Å². The SMILES string of the molecule is CC(=O)N[C@H]1[C@H]([C@H](O)[C@H](O)CO[Si](C)(C)C(C)(C)C)O[C@@](Oc2ccc3c(C)cc(=O)oc3c2)(C(=O)OCc2ccccc2)C[C@@H]1O[Si](C)(C)C(C)(C)C. The van der Waals surface area contributed by atoms with Crippen LogP contribution in [-0.2, 0) is 34.5 Å². The van der Waals surface area contributed by atoms with Crippen molar-refractivity contribution in [2.75, 3.05) is 6.61 Å². The predicted molar refractivity (Wildman–Crippen MR) is 211 cm³/mol. The Morgan fingerprint density at radius 3 is 2.19 bits per heavy atom. The molecule has 1 aliphatic heterocycles. The molecule has 0 bridgehead atoms. The van der Waals surface area contributed by atoms with Crippen LogP contribution in [0.3, 0.4) is 0 Å². The van der Waals surface area contributed by atoms with E-state index in [9.17, 15) is 24.6 Å². The molecule has 0 unspecified atom stereocenters. The lowest BCUT2D eigenvalue weighted by Crippen LogP contribution is -2.70. The van der Waals surface area contributed by atoms with E-state index in [1.165, 1.54) is 19.1 Å². The van der Waals surface area contributed by atoms with Gasteiger partial charge in [-0.1, -0.05) is 71.9 Å². The zero-order chi connectivity index (χ0) is 40.4. The van der Waals surface area contributed by atoms with Crippen LogP contribution in [0.1, 0.15) is 66.0 Å². The fourth-order valence-electron chi connectivity index (χ4n) is 5.77. The van der Waals surface area contributed by atoms with Crippen LogP contribution in [-0.4, -0.2) is 81.6 Å². The number of rotatable bonds is 13. The summed E-state index contributed by atoms with van der Waals surface area (Å²) < 4.78 is 37.7. The Kier molecular flexibility index (Phi) is 13.2. The maximum absolute atomic E-state index is 14.6. The maximum Gasteiger partial charge on any atom is 0.380 e. The van der Waals surface area contributed by atoms with Gasteiger partial charge in [0.05, 0.1) is 25.2 Å². The van der Waals surface area contributed by atoms with Gasteiger partial charge in [-0.25, -0.2) is 9.59 Å². The van der Waals surface area contributed by atoms with E-state index >= 15 is 0 Å². The highest BCUT2D eigenvalue weighted by molar-refractivity contribution is 6.74. The monoisotopic (exact) mass is 785 g/mol. The lowest BCUT2D eigenvalue weighted by atomic mass is 9.88. The van der Waals surface area contributed by atoms with Crippen LogP contribution in [0.5, 0.6) is 5.75 Å². The van der Waals surface area contributed by atoms with Gasteiger partial charge in [0.15, 0.2) is 16.6 Å². The fourth-order valence-corrected chi connectivity index (χ4v) is 8.13. The van der Waals surface area contributed by atoms with Crippen molar-refractivity contribution in [1.29, 1.82) is 0 Å². The minimum absolute atomic E-state index is 0.104. The van der Waals surface area contributed by atoms with Crippen molar-refractivity contribution in [2.24, 2.45) is 0 Å². The molecule has 0 spiro atoms. The van der Waals surface area contributed by atoms with Crippen LogP contribution < -0.4 is 15.7 Å². The number of aliphatic hydroxyl groups excluding tert-OH is 2. The van der Waals surface area contributed by atoms with Crippen molar-refractivity contribution in [3.05, 3.63) is 76.1 Å². The molecule has 0 aliphatic carbocycles. The second-order valence-electron chi connectivity index (χ2n) is 17.4. The Hall–Kier alpha value is -3.38. The van der Waals surface area contributed by atoms with Crippen molar-refractivity contribution in [2.45, 2.75) is 141 Å². The number of fused-ring (bicyclic) bond motifs is 1. The second kappa shape index (κ2) is 16.4. The third-order valence-corrected chi connectivity index (χ3v) is 20.1. The van der Waals surface area contributed by atoms with Gasteiger partial charge in [0, 0.05) is 24.4 Å². The quantitative estimate of drug-likeness (QED) is 0.101. The summed E-state index contributed by atoms with van der Waals surface area (Å²) in [6.45, 7) is 23.2. The first-order valence-electron chi connectivity index (χ1n) is 18.4. The van der Waals surface area contributed by atoms with Gasteiger partial charge in [-0.3, -0.25) is 4.79 Å². The molecule has 14 heteroatoms. The maximum atomic E-state index is 14.6. The minimum Gasteiger partial charge on any atom is -0.456 e. The highest BCUT2D eigenvalue weighted by Crippen LogP contribution is 2.43. The number of amides is 1. The highest BCUT2D eigenvalue weighted by Gasteiger charge is 2.59. The van der Waals surface area contributed by atoms with Gasteiger partial charge in [-0.05, 0) is 66.4 Å². The van der Waals surface area contributed by atoms with E-state index in [0.29, 0.717) is 16.5 Å². The van der Waals surface area contributed by atoms with Crippen molar-refractivity contribution < 1.29 is 47.3 Å². The second-order valence-corrected chi connectivity index (χ2v) is 26.9. The summed E-state index contributed by atoms with van der Waals surface area (Å²) in [4.78, 5) is 39.7. The molecule has 2 heterocycles. The third kappa shape index (κ3) is 10.1. The van der Waals surface area contributed by atoms with Gasteiger partial charge in [-0.2, -0.15) is 0 Å². The molecule has 12 nitrogen and oxygen atoms in total. The molecule has 1 saturated heterocycles. The number of esters is 1. The first kappa shape index (κ1) is 43.4. The fraction of sp³-hybridized carbons (Fsp3) is 0.575. The molecular formula is C40H59NO11Si2. The molecule has 0 saturated carbocycles. The molecule has 0 radical (unpaired) electrons. The van der Waals surface area contributed by atoms with Gasteiger partial charge in [0.2, 0.25) is 5.91 Å². The van der Waals surface area contributed by atoms with E-state index in [1.807, 2.05) is 44.4 Å². The van der Waals surface area contributed by atoms with Gasteiger partial charge in [-0.15, -0.1) is 0 Å². The van der Waals surface area contributed by atoms with Crippen molar-refractivity contribution in [1.82, 2.24) is 5.32 Å². The largest absolute Gasteiger partial charge is 0.456 e. The van der Waals surface area contributed by atoms with E-state index < -0.39 is 70.4 Å². The number of carbonyl (C=O) groups is 2. The summed E-state index contributed by atoms with van der Waals surface area (Å²) in [5, 5.41) is 26.6. The molecule has 1 aliphatic rings. The number of carbonyl (C=O) groups excluding carboxylic acids is 2. The third-order valence-electron chi connectivity index (χ3n) is 11.1. The van der Waals surface area contributed by atoms with Crippen LogP contribution in [0.2, 0.25) is 36.3 Å². The van der Waals surface area contributed by atoms with E-state index in [1.54, 1.807) is 31.2 Å². The van der Waals surface area contributed by atoms with E-state index in [0.717, 1.165) is 0 Å². The number of benzene rings is 2. The van der Waals surface area contributed by atoms with Crippen molar-refractivity contribution >= 4 is 39.5 Å². The number of hydrogen-bond acceptors (Lipinski definition) is 11. The zero-order valence-corrected chi connectivity index (χ0v) is 35.8. The molecule has 2 aromatic carbocycles. The molecule has 298 valence electrons. The first-order valence-corrected chi connectivity index (χ1v) is 24.2. The minimum atomic E-state index is -2.67. The smallest absolute Gasteiger partial charge is 0.380 e. The topological polar surface area (TPSA) is 163 Å². The summed E-state index contributed by atoms with van der Waals surface area (Å²) in [5.74, 6) is -3.53. The number of aliphatic hydroxyl groups is 2. The highest BCUT2D eigenvalue weighted by atomic mass is 28.4. The number of nitrogens with one attached hydrogen (secondary N) is 1. The summed E-state index contributed by atoms with van der Waals surface area (Å²) >= 11 is 0. The Bertz CT molecular complexity index is 1830. The van der Waals surface area contributed by atoms with Crippen LogP contribution in [0.25, 0.3) is 11.0 Å². The van der Waals surface area contributed by atoms with Crippen LogP contribution in [0.4, 0.5) is 0 Å². The predicted octanol–water partition coefficient (Wildman–Crippen LogP) is 6.35. The van der Waals surface area contributed by atoms with Crippen molar-refractivity contribution in [3.63, 3.8) is 0 Å². The summed E-state index contributed by atoms with van der Waals surface area (Å²) in [5.41, 5.74) is 1.07. The molecule has 1 amide bonds. The summed E-state index contributed by atoms with van der Waals surface area (Å²) in [6.07, 6.45) is -5.89. The Morgan fingerprint density at radius 2 is 1.59 bits per heavy atom. The van der Waals surface area contributed by atoms with Crippen LogP contribution in [0.15, 0.2) is 63.8 Å². The average Bonchev–Trinajstić information content (AvgIpc) is 3.05. The Morgan fingerprint density at radius 1 is 0.963 bits per heavy atom. The van der Waals surface area contributed by atoms with Crippen molar-refractivity contribution in [3.8, 4) is 5.75 Å². The first-order chi connectivity index (χ1) is 24.9. The van der Waals surface area contributed by atoms with Gasteiger partial charge < -0.3 is 43.0 Å².